The highest BCUT2D eigenvalue weighted by Gasteiger charge is 2.47. The van der Waals surface area contributed by atoms with Crippen LogP contribution in [0, 0.1) is 0 Å². The quantitative estimate of drug-likeness (QED) is 0.169. The fraction of sp³-hybridized carbons (Fsp3) is 0.212. The van der Waals surface area contributed by atoms with E-state index in [1.165, 1.54) is 4.90 Å². The monoisotopic (exact) mass is 504 g/mol. The molecule has 192 valence electrons. The number of fused-ring (bicyclic) bond motifs is 1. The number of benzene rings is 4. The van der Waals surface area contributed by atoms with Gasteiger partial charge in [-0.1, -0.05) is 73.7 Å². The van der Waals surface area contributed by atoms with Crippen molar-refractivity contribution in [2.24, 2.45) is 0 Å². The van der Waals surface area contributed by atoms with Gasteiger partial charge in [0.15, 0.2) is 0 Å². The van der Waals surface area contributed by atoms with Gasteiger partial charge in [0, 0.05) is 30.0 Å². The van der Waals surface area contributed by atoms with Crippen molar-refractivity contribution in [1.82, 2.24) is 0 Å². The lowest BCUT2D eigenvalue weighted by molar-refractivity contribution is -0.132. The van der Waals surface area contributed by atoms with Gasteiger partial charge in [-0.2, -0.15) is 0 Å². The summed E-state index contributed by atoms with van der Waals surface area (Å²) in [5.41, 5.74) is 4.23. The predicted molar refractivity (Wildman–Crippen MR) is 155 cm³/mol. The maximum Gasteiger partial charge on any atom is 0.300 e. The molecule has 1 aliphatic rings. The summed E-state index contributed by atoms with van der Waals surface area (Å²) in [4.78, 5) is 30.9. The Morgan fingerprint density at radius 2 is 1.47 bits per heavy atom. The molecule has 0 aliphatic carbocycles. The fourth-order valence-electron chi connectivity index (χ4n) is 5.34. The van der Waals surface area contributed by atoms with Crippen molar-refractivity contribution in [2.45, 2.75) is 33.2 Å². The van der Waals surface area contributed by atoms with Gasteiger partial charge in [-0.15, -0.1) is 0 Å². The van der Waals surface area contributed by atoms with Crippen LogP contribution < -0.4 is 9.80 Å². The van der Waals surface area contributed by atoms with Gasteiger partial charge in [0.1, 0.15) is 5.76 Å². The molecule has 1 atom stereocenters. The standard InChI is InChI=1S/C33H32N2O3/c1-4-22-14-18-26(19-15-22)35-30(24-16-20-25(21-17-24)34(5-2)6-3)29(32(37)33(35)38)31(36)28-13-9-11-23-10-7-8-12-27(23)28/h7-21,30,36H,4-6H2,1-3H3/b31-29-. The van der Waals surface area contributed by atoms with Gasteiger partial charge < -0.3 is 10.0 Å². The first-order valence-corrected chi connectivity index (χ1v) is 13.2. The van der Waals surface area contributed by atoms with E-state index in [1.54, 1.807) is 6.07 Å². The number of ketones is 1. The molecule has 1 unspecified atom stereocenters. The Labute approximate surface area is 223 Å². The highest BCUT2D eigenvalue weighted by molar-refractivity contribution is 6.51. The molecule has 4 aromatic carbocycles. The smallest absolute Gasteiger partial charge is 0.300 e. The summed E-state index contributed by atoms with van der Waals surface area (Å²) < 4.78 is 0. The van der Waals surface area contributed by atoms with Crippen LogP contribution in [0.1, 0.15) is 43.5 Å². The number of nitrogens with zero attached hydrogens (tertiary/aromatic N) is 2. The van der Waals surface area contributed by atoms with Crippen LogP contribution in [0.4, 0.5) is 11.4 Å². The van der Waals surface area contributed by atoms with Gasteiger partial charge in [-0.3, -0.25) is 14.5 Å². The highest BCUT2D eigenvalue weighted by Crippen LogP contribution is 2.43. The Hall–Kier alpha value is -4.38. The van der Waals surface area contributed by atoms with Crippen LogP contribution in [0.25, 0.3) is 16.5 Å². The van der Waals surface area contributed by atoms with E-state index < -0.39 is 17.7 Å². The van der Waals surface area contributed by atoms with Gasteiger partial charge in [-0.05, 0) is 66.4 Å². The Kier molecular flexibility index (Phi) is 7.01. The van der Waals surface area contributed by atoms with E-state index in [1.807, 2.05) is 84.9 Å². The van der Waals surface area contributed by atoms with Crippen LogP contribution in [-0.2, 0) is 16.0 Å². The number of hydrogen-bond acceptors (Lipinski definition) is 4. The zero-order valence-electron chi connectivity index (χ0n) is 22.0. The maximum atomic E-state index is 13.6. The first-order valence-electron chi connectivity index (χ1n) is 13.2. The summed E-state index contributed by atoms with van der Waals surface area (Å²) in [7, 11) is 0. The SMILES string of the molecule is CCc1ccc(N2C(=O)C(=O)/C(=C(\O)c3cccc4ccccc34)C2c2ccc(N(CC)CC)cc2)cc1. The largest absolute Gasteiger partial charge is 0.507 e. The summed E-state index contributed by atoms with van der Waals surface area (Å²) in [6, 6.07) is 28.2. The van der Waals surface area contributed by atoms with Crippen LogP contribution in [0.5, 0.6) is 0 Å². The van der Waals surface area contributed by atoms with E-state index in [4.69, 9.17) is 0 Å². The summed E-state index contributed by atoms with van der Waals surface area (Å²) >= 11 is 0. The normalized spacial score (nSPS) is 16.8. The number of aryl methyl sites for hydroxylation is 1. The number of carbonyl (C=O) groups is 2. The van der Waals surface area contributed by atoms with Gasteiger partial charge in [0.2, 0.25) is 0 Å². The van der Waals surface area contributed by atoms with Gasteiger partial charge >= 0.3 is 0 Å². The summed E-state index contributed by atoms with van der Waals surface area (Å²) in [6.07, 6.45) is 0.871. The molecule has 1 saturated heterocycles. The van der Waals surface area contributed by atoms with Gasteiger partial charge in [0.05, 0.1) is 11.6 Å². The molecule has 5 rings (SSSR count). The molecule has 1 fully saturated rings. The second-order valence-corrected chi connectivity index (χ2v) is 9.48. The molecule has 1 aliphatic heterocycles. The first kappa shape index (κ1) is 25.3. The van der Waals surface area contributed by atoms with Crippen LogP contribution >= 0.6 is 0 Å². The van der Waals surface area contributed by atoms with E-state index in [0.717, 1.165) is 47.1 Å². The van der Waals surface area contributed by atoms with Gasteiger partial charge in [0.25, 0.3) is 11.7 Å². The van der Waals surface area contributed by atoms with E-state index in [0.29, 0.717) is 11.3 Å². The number of anilines is 2. The number of aliphatic hydroxyl groups is 1. The topological polar surface area (TPSA) is 60.9 Å². The molecule has 5 nitrogen and oxygen atoms in total. The van der Waals surface area contributed by atoms with Crippen molar-refractivity contribution in [1.29, 1.82) is 0 Å². The minimum Gasteiger partial charge on any atom is -0.507 e. The van der Waals surface area contributed by atoms with Crippen molar-refractivity contribution in [3.8, 4) is 0 Å². The highest BCUT2D eigenvalue weighted by atomic mass is 16.3. The van der Waals surface area contributed by atoms with Crippen molar-refractivity contribution in [2.75, 3.05) is 22.9 Å². The molecule has 0 radical (unpaired) electrons. The van der Waals surface area contributed by atoms with Crippen LogP contribution in [0.3, 0.4) is 0 Å². The van der Waals surface area contributed by atoms with E-state index >= 15 is 0 Å². The summed E-state index contributed by atoms with van der Waals surface area (Å²) in [5, 5.41) is 13.4. The number of carbonyl (C=O) groups excluding carboxylic acids is 2. The van der Waals surface area contributed by atoms with Crippen LogP contribution in [0.15, 0.2) is 96.6 Å². The molecule has 1 N–H and O–H groups in total. The molecule has 0 saturated carbocycles. The van der Waals surface area contributed by atoms with Crippen LogP contribution in [-0.4, -0.2) is 29.9 Å². The minimum absolute atomic E-state index is 0.0986. The number of amides is 1. The van der Waals surface area contributed by atoms with E-state index in [9.17, 15) is 14.7 Å². The zero-order chi connectivity index (χ0) is 26.8. The Balaban J connectivity index is 1.71. The van der Waals surface area contributed by atoms with Crippen molar-refractivity contribution >= 4 is 39.6 Å². The first-order chi connectivity index (χ1) is 18.5. The molecule has 5 heteroatoms. The third-order valence-electron chi connectivity index (χ3n) is 7.45. The number of hydrogen-bond donors (Lipinski definition) is 1. The van der Waals surface area contributed by atoms with Gasteiger partial charge in [-0.25, -0.2) is 0 Å². The summed E-state index contributed by atoms with van der Waals surface area (Å²) in [5.74, 6) is -1.49. The molecule has 38 heavy (non-hydrogen) atoms. The number of aliphatic hydroxyl groups excluding tert-OH is 1. The molecule has 0 aromatic heterocycles. The number of Topliss-reactive ketones (excluding diaryl/α,β-unsaturated/α-hetero) is 1. The Morgan fingerprint density at radius 1 is 0.816 bits per heavy atom. The third kappa shape index (κ3) is 4.34. The molecular formula is C33H32N2O3. The number of rotatable bonds is 7. The van der Waals surface area contributed by atoms with E-state index in [-0.39, 0.29) is 11.3 Å². The molecule has 4 aromatic rings. The van der Waals surface area contributed by atoms with E-state index in [2.05, 4.69) is 25.7 Å². The van der Waals surface area contributed by atoms with Crippen LogP contribution in [0.2, 0.25) is 0 Å². The predicted octanol–water partition coefficient (Wildman–Crippen LogP) is 6.87. The average molecular weight is 505 g/mol. The van der Waals surface area contributed by atoms with Crippen molar-refractivity contribution in [3.63, 3.8) is 0 Å². The minimum atomic E-state index is -0.757. The fourth-order valence-corrected chi connectivity index (χ4v) is 5.34. The molecule has 0 bridgehead atoms. The third-order valence-corrected chi connectivity index (χ3v) is 7.45. The molecular weight excluding hydrogens is 472 g/mol. The second kappa shape index (κ2) is 10.5. The lowest BCUT2D eigenvalue weighted by Gasteiger charge is -2.27. The molecule has 1 amide bonds. The Morgan fingerprint density at radius 3 is 2.13 bits per heavy atom. The molecule has 0 spiro atoms. The summed E-state index contributed by atoms with van der Waals surface area (Å²) in [6.45, 7) is 8.04. The van der Waals surface area contributed by atoms with Crippen molar-refractivity contribution < 1.29 is 14.7 Å². The zero-order valence-corrected chi connectivity index (χ0v) is 22.0. The lowest BCUT2D eigenvalue weighted by Crippen LogP contribution is -2.29. The Bertz CT molecular complexity index is 1510. The maximum absolute atomic E-state index is 13.6. The average Bonchev–Trinajstić information content (AvgIpc) is 3.23. The second-order valence-electron chi connectivity index (χ2n) is 9.48. The lowest BCUT2D eigenvalue weighted by atomic mass is 9.93. The van der Waals surface area contributed by atoms with Crippen molar-refractivity contribution in [3.05, 3.63) is 113 Å². The molecule has 1 heterocycles.